The van der Waals surface area contributed by atoms with E-state index in [1.807, 2.05) is 12.1 Å². The Morgan fingerprint density at radius 3 is 2.92 bits per heavy atom. The first-order chi connectivity index (χ1) is 6.09. The van der Waals surface area contributed by atoms with Gasteiger partial charge >= 0.3 is 0 Å². The molecule has 1 N–H and O–H groups in total. The van der Waals surface area contributed by atoms with E-state index in [4.69, 9.17) is 4.74 Å². The SMILES string of the molecule is CC1(C)COCc2ccc(O)cc21. The van der Waals surface area contributed by atoms with Gasteiger partial charge in [0.05, 0.1) is 13.2 Å². The van der Waals surface area contributed by atoms with E-state index < -0.39 is 0 Å². The van der Waals surface area contributed by atoms with Gasteiger partial charge in [0.2, 0.25) is 0 Å². The standard InChI is InChI=1S/C11H14O2/c1-11(2)7-13-6-8-3-4-9(12)5-10(8)11/h3-5,12H,6-7H2,1-2H3. The van der Waals surface area contributed by atoms with Gasteiger partial charge in [-0.05, 0) is 23.3 Å². The molecule has 0 atom stereocenters. The molecule has 1 aromatic carbocycles. The minimum absolute atomic E-state index is 0.0202. The van der Waals surface area contributed by atoms with Crippen molar-refractivity contribution >= 4 is 0 Å². The molecule has 0 unspecified atom stereocenters. The highest BCUT2D eigenvalue weighted by Gasteiger charge is 2.28. The van der Waals surface area contributed by atoms with Crippen molar-refractivity contribution in [1.29, 1.82) is 0 Å². The summed E-state index contributed by atoms with van der Waals surface area (Å²) in [6.07, 6.45) is 0. The second-order valence-corrected chi connectivity index (χ2v) is 4.22. The van der Waals surface area contributed by atoms with Gasteiger partial charge in [-0.1, -0.05) is 19.9 Å². The van der Waals surface area contributed by atoms with Crippen LogP contribution >= 0.6 is 0 Å². The van der Waals surface area contributed by atoms with Gasteiger partial charge < -0.3 is 9.84 Å². The quantitative estimate of drug-likeness (QED) is 0.660. The molecule has 0 aromatic heterocycles. The lowest BCUT2D eigenvalue weighted by Gasteiger charge is -2.32. The van der Waals surface area contributed by atoms with Gasteiger partial charge in [0.25, 0.3) is 0 Å². The summed E-state index contributed by atoms with van der Waals surface area (Å²) in [4.78, 5) is 0. The Labute approximate surface area is 78.2 Å². The van der Waals surface area contributed by atoms with E-state index in [1.54, 1.807) is 6.07 Å². The molecule has 13 heavy (non-hydrogen) atoms. The molecule has 2 nitrogen and oxygen atoms in total. The summed E-state index contributed by atoms with van der Waals surface area (Å²) >= 11 is 0. The molecule has 0 radical (unpaired) electrons. The van der Waals surface area contributed by atoms with Crippen LogP contribution < -0.4 is 0 Å². The second-order valence-electron chi connectivity index (χ2n) is 4.22. The number of benzene rings is 1. The van der Waals surface area contributed by atoms with Crippen molar-refractivity contribution in [2.75, 3.05) is 6.61 Å². The third-order valence-electron chi connectivity index (χ3n) is 2.54. The van der Waals surface area contributed by atoms with Crippen LogP contribution in [0, 0.1) is 0 Å². The molecule has 0 saturated heterocycles. The lowest BCUT2D eigenvalue weighted by molar-refractivity contribution is 0.0640. The molecule has 1 heterocycles. The fourth-order valence-corrected chi connectivity index (χ4v) is 1.81. The maximum atomic E-state index is 9.38. The maximum Gasteiger partial charge on any atom is 0.115 e. The molecule has 2 heteroatoms. The molecule has 0 spiro atoms. The molecular formula is C11H14O2. The fraction of sp³-hybridized carbons (Fsp3) is 0.455. The molecule has 1 aromatic rings. The van der Waals surface area contributed by atoms with Crippen LogP contribution in [0.2, 0.25) is 0 Å². The third-order valence-corrected chi connectivity index (χ3v) is 2.54. The van der Waals surface area contributed by atoms with Gasteiger partial charge in [0, 0.05) is 5.41 Å². The molecule has 2 rings (SSSR count). The number of fused-ring (bicyclic) bond motifs is 1. The Balaban J connectivity index is 2.55. The Bertz CT molecular complexity index is 329. The molecule has 0 aliphatic carbocycles. The first-order valence-electron chi connectivity index (χ1n) is 4.50. The van der Waals surface area contributed by atoms with Gasteiger partial charge in [0.1, 0.15) is 5.75 Å². The van der Waals surface area contributed by atoms with Crippen molar-refractivity contribution in [3.8, 4) is 5.75 Å². The summed E-state index contributed by atoms with van der Waals surface area (Å²) in [7, 11) is 0. The van der Waals surface area contributed by atoms with Gasteiger partial charge in [0.15, 0.2) is 0 Å². The smallest absolute Gasteiger partial charge is 0.115 e. The minimum atomic E-state index is 0.0202. The zero-order valence-corrected chi connectivity index (χ0v) is 8.00. The van der Waals surface area contributed by atoms with Crippen molar-refractivity contribution in [2.45, 2.75) is 25.9 Å². The largest absolute Gasteiger partial charge is 0.508 e. The number of aromatic hydroxyl groups is 1. The predicted octanol–water partition coefficient (Wildman–Crippen LogP) is 2.20. The highest BCUT2D eigenvalue weighted by molar-refractivity contribution is 5.40. The highest BCUT2D eigenvalue weighted by atomic mass is 16.5. The number of hydrogen-bond acceptors (Lipinski definition) is 2. The van der Waals surface area contributed by atoms with Crippen LogP contribution in [0.4, 0.5) is 0 Å². The topological polar surface area (TPSA) is 29.5 Å². The van der Waals surface area contributed by atoms with E-state index in [0.29, 0.717) is 12.4 Å². The molecule has 0 bridgehead atoms. The van der Waals surface area contributed by atoms with E-state index in [0.717, 1.165) is 6.61 Å². The first-order valence-corrected chi connectivity index (χ1v) is 4.50. The summed E-state index contributed by atoms with van der Waals surface area (Å²) in [5.74, 6) is 0.341. The van der Waals surface area contributed by atoms with Crippen LogP contribution in [0.25, 0.3) is 0 Å². The molecule has 70 valence electrons. The zero-order valence-electron chi connectivity index (χ0n) is 8.00. The molecule has 1 aliphatic heterocycles. The average Bonchev–Trinajstić information content (AvgIpc) is 2.06. The number of phenolic OH excluding ortho intramolecular Hbond substituents is 1. The van der Waals surface area contributed by atoms with E-state index in [2.05, 4.69) is 13.8 Å². The molecule has 0 saturated carbocycles. The average molecular weight is 178 g/mol. The Hall–Kier alpha value is -1.02. The molecular weight excluding hydrogens is 164 g/mol. The Morgan fingerprint density at radius 1 is 1.38 bits per heavy atom. The highest BCUT2D eigenvalue weighted by Crippen LogP contribution is 2.33. The lowest BCUT2D eigenvalue weighted by Crippen LogP contribution is -2.30. The van der Waals surface area contributed by atoms with Crippen LogP contribution in [0.15, 0.2) is 18.2 Å². The Kier molecular flexibility index (Phi) is 1.81. The number of ether oxygens (including phenoxy) is 1. The zero-order chi connectivity index (χ0) is 9.47. The third kappa shape index (κ3) is 1.42. The maximum absolute atomic E-state index is 9.38. The summed E-state index contributed by atoms with van der Waals surface area (Å²) in [5.41, 5.74) is 2.42. The van der Waals surface area contributed by atoms with Crippen molar-refractivity contribution in [1.82, 2.24) is 0 Å². The van der Waals surface area contributed by atoms with E-state index in [-0.39, 0.29) is 5.41 Å². The minimum Gasteiger partial charge on any atom is -0.508 e. The monoisotopic (exact) mass is 178 g/mol. The lowest BCUT2D eigenvalue weighted by atomic mass is 9.81. The molecule has 0 amide bonds. The second kappa shape index (κ2) is 2.74. The van der Waals surface area contributed by atoms with Crippen LogP contribution in [0.1, 0.15) is 25.0 Å². The van der Waals surface area contributed by atoms with E-state index in [9.17, 15) is 5.11 Å². The normalized spacial score (nSPS) is 19.5. The van der Waals surface area contributed by atoms with Crippen molar-refractivity contribution in [3.05, 3.63) is 29.3 Å². The van der Waals surface area contributed by atoms with E-state index >= 15 is 0 Å². The number of hydrogen-bond donors (Lipinski definition) is 1. The van der Waals surface area contributed by atoms with Gasteiger partial charge in [-0.3, -0.25) is 0 Å². The van der Waals surface area contributed by atoms with Crippen molar-refractivity contribution in [3.63, 3.8) is 0 Å². The fourth-order valence-electron chi connectivity index (χ4n) is 1.81. The summed E-state index contributed by atoms with van der Waals surface area (Å²) < 4.78 is 5.47. The van der Waals surface area contributed by atoms with Gasteiger partial charge in [-0.2, -0.15) is 0 Å². The number of phenols is 1. The Morgan fingerprint density at radius 2 is 2.15 bits per heavy atom. The van der Waals surface area contributed by atoms with Crippen LogP contribution in [-0.4, -0.2) is 11.7 Å². The number of rotatable bonds is 0. The summed E-state index contributed by atoms with van der Waals surface area (Å²) in [5, 5.41) is 9.38. The van der Waals surface area contributed by atoms with Crippen molar-refractivity contribution in [2.24, 2.45) is 0 Å². The van der Waals surface area contributed by atoms with Crippen LogP contribution in [0.5, 0.6) is 5.75 Å². The predicted molar refractivity (Wildman–Crippen MR) is 50.8 cm³/mol. The van der Waals surface area contributed by atoms with Crippen LogP contribution in [-0.2, 0) is 16.8 Å². The molecule has 1 aliphatic rings. The van der Waals surface area contributed by atoms with Gasteiger partial charge in [-0.25, -0.2) is 0 Å². The van der Waals surface area contributed by atoms with E-state index in [1.165, 1.54) is 11.1 Å². The van der Waals surface area contributed by atoms with Crippen LogP contribution in [0.3, 0.4) is 0 Å². The summed E-state index contributed by atoms with van der Waals surface area (Å²) in [6, 6.07) is 5.49. The van der Waals surface area contributed by atoms with Crippen molar-refractivity contribution < 1.29 is 9.84 Å². The molecule has 0 fully saturated rings. The first kappa shape index (κ1) is 8.57. The summed E-state index contributed by atoms with van der Waals surface area (Å²) in [6.45, 7) is 5.65. The van der Waals surface area contributed by atoms with Gasteiger partial charge in [-0.15, -0.1) is 0 Å².